The Kier molecular flexibility index (Phi) is 7.27. The molecular weight excluding hydrogens is 383 g/mol. The van der Waals surface area contributed by atoms with Gasteiger partial charge in [0.25, 0.3) is 0 Å². The summed E-state index contributed by atoms with van der Waals surface area (Å²) < 4.78 is 49.1. The number of methoxy groups -OCH3 is 1. The Bertz CT molecular complexity index is 805. The lowest BCUT2D eigenvalue weighted by Crippen LogP contribution is -2.13. The van der Waals surface area contributed by atoms with Crippen LogP contribution in [0.4, 0.5) is 18.9 Å². The normalized spacial score (nSPS) is 11.6. The molecule has 0 fully saturated rings. The van der Waals surface area contributed by atoms with Crippen molar-refractivity contribution in [3.8, 4) is 5.75 Å². The lowest BCUT2D eigenvalue weighted by molar-refractivity contribution is -0.137. The first-order valence-corrected chi connectivity index (χ1v) is 8.25. The van der Waals surface area contributed by atoms with Gasteiger partial charge < -0.3 is 14.8 Å². The van der Waals surface area contributed by atoms with Gasteiger partial charge in [-0.25, -0.2) is 0 Å². The number of ether oxygens (including phenoxy) is 2. The molecule has 0 saturated heterocycles. The maximum Gasteiger partial charge on any atom is 0.416 e. The maximum absolute atomic E-state index is 12.9. The number of carbonyl (C=O) groups excluding carboxylic acids is 1. The molecule has 0 aliphatic carbocycles. The number of amides is 1. The highest BCUT2D eigenvalue weighted by Gasteiger charge is 2.31. The maximum atomic E-state index is 12.9. The molecule has 0 atom stereocenters. The van der Waals surface area contributed by atoms with E-state index in [4.69, 9.17) is 21.1 Å². The van der Waals surface area contributed by atoms with Gasteiger partial charge in [-0.3, -0.25) is 4.79 Å². The molecule has 2 aromatic rings. The monoisotopic (exact) mass is 399 g/mol. The summed E-state index contributed by atoms with van der Waals surface area (Å²) in [5.74, 6) is -0.478. The molecule has 1 N–H and O–H groups in total. The average Bonchev–Trinajstić information content (AvgIpc) is 2.62. The zero-order valence-corrected chi connectivity index (χ0v) is 15.1. The van der Waals surface area contributed by atoms with Gasteiger partial charge in [-0.05, 0) is 42.0 Å². The standard InChI is InChI=1S/C19H17ClF3NO3/c1-26-10-11-27-17-8-5-14(19(21,22)23)12-16(17)24-18(25)9-4-13-2-6-15(20)7-3-13/h2-9,12H,10-11H2,1H3,(H,24,25)/b9-4+. The first-order chi connectivity index (χ1) is 12.8. The molecule has 8 heteroatoms. The van der Waals surface area contributed by atoms with E-state index in [1.165, 1.54) is 19.3 Å². The molecule has 4 nitrogen and oxygen atoms in total. The Labute approximate surface area is 159 Å². The van der Waals surface area contributed by atoms with E-state index in [2.05, 4.69) is 5.32 Å². The third-order valence-electron chi connectivity index (χ3n) is 3.41. The first-order valence-electron chi connectivity index (χ1n) is 7.87. The molecule has 0 aromatic heterocycles. The second-order valence-corrected chi connectivity index (χ2v) is 5.86. The van der Waals surface area contributed by atoms with Crippen molar-refractivity contribution in [3.05, 3.63) is 64.7 Å². The van der Waals surface area contributed by atoms with E-state index in [9.17, 15) is 18.0 Å². The summed E-state index contributed by atoms with van der Waals surface area (Å²) in [5.41, 5.74) is -0.250. The van der Waals surface area contributed by atoms with Crippen molar-refractivity contribution in [2.24, 2.45) is 0 Å². The highest BCUT2D eigenvalue weighted by atomic mass is 35.5. The summed E-state index contributed by atoms with van der Waals surface area (Å²) in [6.07, 6.45) is -1.81. The minimum absolute atomic E-state index is 0.0771. The van der Waals surface area contributed by atoms with Crippen LogP contribution >= 0.6 is 11.6 Å². The Morgan fingerprint density at radius 1 is 1.15 bits per heavy atom. The van der Waals surface area contributed by atoms with Crippen LogP contribution in [-0.2, 0) is 15.7 Å². The quantitative estimate of drug-likeness (QED) is 0.524. The topological polar surface area (TPSA) is 47.6 Å². The summed E-state index contributed by atoms with van der Waals surface area (Å²) in [6.45, 7) is 0.385. The Morgan fingerprint density at radius 3 is 2.48 bits per heavy atom. The molecule has 0 saturated carbocycles. The summed E-state index contributed by atoms with van der Waals surface area (Å²) in [4.78, 5) is 12.1. The van der Waals surface area contributed by atoms with Crippen LogP contribution in [0.15, 0.2) is 48.5 Å². The van der Waals surface area contributed by atoms with Crippen LogP contribution in [0.5, 0.6) is 5.75 Å². The predicted octanol–water partition coefficient (Wildman–Crippen LogP) is 5.04. The number of benzene rings is 2. The fraction of sp³-hybridized carbons (Fsp3) is 0.211. The van der Waals surface area contributed by atoms with Crippen molar-refractivity contribution in [1.82, 2.24) is 0 Å². The zero-order chi connectivity index (χ0) is 19.9. The number of rotatable bonds is 7. The minimum Gasteiger partial charge on any atom is -0.489 e. The second kappa shape index (κ2) is 9.43. The van der Waals surface area contributed by atoms with Crippen LogP contribution in [0.2, 0.25) is 5.02 Å². The van der Waals surface area contributed by atoms with Gasteiger partial charge >= 0.3 is 6.18 Å². The van der Waals surface area contributed by atoms with Crippen LogP contribution in [0.1, 0.15) is 11.1 Å². The van der Waals surface area contributed by atoms with Gasteiger partial charge in [0.2, 0.25) is 5.91 Å². The van der Waals surface area contributed by atoms with Crippen molar-refractivity contribution < 1.29 is 27.4 Å². The van der Waals surface area contributed by atoms with Crippen molar-refractivity contribution >= 4 is 29.3 Å². The summed E-state index contributed by atoms with van der Waals surface area (Å²) in [5, 5.41) is 2.97. The van der Waals surface area contributed by atoms with Gasteiger partial charge in [0.05, 0.1) is 17.9 Å². The molecule has 144 valence electrons. The summed E-state index contributed by atoms with van der Waals surface area (Å²) in [7, 11) is 1.47. The highest BCUT2D eigenvalue weighted by Crippen LogP contribution is 2.35. The molecule has 2 aromatic carbocycles. The molecule has 0 radical (unpaired) electrons. The number of nitrogens with one attached hydrogen (secondary N) is 1. The van der Waals surface area contributed by atoms with Crippen LogP contribution in [0.3, 0.4) is 0 Å². The van der Waals surface area contributed by atoms with E-state index in [0.717, 1.165) is 23.8 Å². The van der Waals surface area contributed by atoms with E-state index < -0.39 is 17.6 Å². The van der Waals surface area contributed by atoms with Gasteiger partial charge in [-0.1, -0.05) is 23.7 Å². The molecule has 0 aliphatic rings. The average molecular weight is 400 g/mol. The van der Waals surface area contributed by atoms with Gasteiger partial charge in [0, 0.05) is 18.2 Å². The third kappa shape index (κ3) is 6.62. The second-order valence-electron chi connectivity index (χ2n) is 5.42. The van der Waals surface area contributed by atoms with E-state index in [-0.39, 0.29) is 24.7 Å². The minimum atomic E-state index is -4.54. The fourth-order valence-electron chi connectivity index (χ4n) is 2.09. The fourth-order valence-corrected chi connectivity index (χ4v) is 2.21. The van der Waals surface area contributed by atoms with Crippen LogP contribution in [-0.4, -0.2) is 26.2 Å². The summed E-state index contributed by atoms with van der Waals surface area (Å²) >= 11 is 5.78. The molecule has 0 heterocycles. The number of hydrogen-bond donors (Lipinski definition) is 1. The Morgan fingerprint density at radius 2 is 1.85 bits per heavy atom. The van der Waals surface area contributed by atoms with Crippen LogP contribution in [0, 0.1) is 0 Å². The van der Waals surface area contributed by atoms with Crippen molar-refractivity contribution in [3.63, 3.8) is 0 Å². The van der Waals surface area contributed by atoms with E-state index in [1.807, 2.05) is 0 Å². The van der Waals surface area contributed by atoms with Gasteiger partial charge in [0.1, 0.15) is 12.4 Å². The predicted molar refractivity (Wildman–Crippen MR) is 97.9 cm³/mol. The molecular formula is C19H17ClF3NO3. The lowest BCUT2D eigenvalue weighted by atomic mass is 10.1. The number of halogens is 4. The van der Waals surface area contributed by atoms with Gasteiger partial charge in [-0.2, -0.15) is 13.2 Å². The Balaban J connectivity index is 2.17. The van der Waals surface area contributed by atoms with Crippen molar-refractivity contribution in [2.75, 3.05) is 25.6 Å². The molecule has 2 rings (SSSR count). The SMILES string of the molecule is COCCOc1ccc(C(F)(F)F)cc1NC(=O)/C=C/c1ccc(Cl)cc1. The first kappa shape index (κ1) is 20.8. The molecule has 0 unspecified atom stereocenters. The van der Waals surface area contributed by atoms with E-state index >= 15 is 0 Å². The van der Waals surface area contributed by atoms with E-state index in [1.54, 1.807) is 24.3 Å². The molecule has 0 bridgehead atoms. The van der Waals surface area contributed by atoms with Gasteiger partial charge in [-0.15, -0.1) is 0 Å². The molecule has 0 spiro atoms. The number of alkyl halides is 3. The summed E-state index contributed by atoms with van der Waals surface area (Å²) in [6, 6.07) is 9.61. The van der Waals surface area contributed by atoms with Crippen LogP contribution < -0.4 is 10.1 Å². The molecule has 0 aliphatic heterocycles. The van der Waals surface area contributed by atoms with Crippen molar-refractivity contribution in [2.45, 2.75) is 6.18 Å². The third-order valence-corrected chi connectivity index (χ3v) is 3.66. The van der Waals surface area contributed by atoms with Crippen molar-refractivity contribution in [1.29, 1.82) is 0 Å². The molecule has 27 heavy (non-hydrogen) atoms. The number of anilines is 1. The zero-order valence-electron chi connectivity index (χ0n) is 14.3. The smallest absolute Gasteiger partial charge is 0.416 e. The molecule has 1 amide bonds. The Hall–Kier alpha value is -2.51. The van der Waals surface area contributed by atoms with Crippen LogP contribution in [0.25, 0.3) is 6.08 Å². The number of carbonyl (C=O) groups is 1. The lowest BCUT2D eigenvalue weighted by Gasteiger charge is -2.14. The highest BCUT2D eigenvalue weighted by molar-refractivity contribution is 6.30. The number of hydrogen-bond acceptors (Lipinski definition) is 3. The van der Waals surface area contributed by atoms with E-state index in [0.29, 0.717) is 5.02 Å². The largest absolute Gasteiger partial charge is 0.489 e. The van der Waals surface area contributed by atoms with Gasteiger partial charge in [0.15, 0.2) is 0 Å².